The van der Waals surface area contributed by atoms with E-state index in [0.717, 1.165) is 23.7 Å². The topological polar surface area (TPSA) is 49.8 Å². The highest BCUT2D eigenvalue weighted by molar-refractivity contribution is 7.11. The van der Waals surface area contributed by atoms with Crippen molar-refractivity contribution in [3.05, 3.63) is 28.0 Å². The number of aliphatic hydroxyl groups is 1. The van der Waals surface area contributed by atoms with Crippen LogP contribution >= 0.6 is 11.3 Å². The van der Waals surface area contributed by atoms with Crippen molar-refractivity contribution >= 4 is 23.3 Å². The highest BCUT2D eigenvalue weighted by Crippen LogP contribution is 2.27. The lowest BCUT2D eigenvalue weighted by molar-refractivity contribution is -0.137. The Bertz CT molecular complexity index is 477. The minimum atomic E-state index is -0.00734. The normalized spacial score (nSPS) is 17.4. The Hall–Kier alpha value is -1.17. The molecule has 0 aromatic carbocycles. The number of carbonyl (C=O) groups excluding carboxylic acids is 1. The van der Waals surface area contributed by atoms with E-state index in [1.165, 1.54) is 11.3 Å². The maximum Gasteiger partial charge on any atom is 0.246 e. The molecule has 1 aliphatic heterocycles. The molecule has 2 heterocycles. The number of ether oxygens (including phenoxy) is 1. The first-order valence-electron chi connectivity index (χ1n) is 6.22. The van der Waals surface area contributed by atoms with Gasteiger partial charge in [0.2, 0.25) is 5.91 Å². The van der Waals surface area contributed by atoms with Gasteiger partial charge < -0.3 is 14.7 Å². The molecule has 1 aliphatic rings. The zero-order chi connectivity index (χ0) is 13.9. The van der Waals surface area contributed by atoms with E-state index < -0.39 is 0 Å². The summed E-state index contributed by atoms with van der Waals surface area (Å²) in [6.45, 7) is 4.31. The fraction of sp³-hybridized carbons (Fsp3) is 0.500. The molecule has 1 saturated heterocycles. The molecule has 104 valence electrons. The van der Waals surface area contributed by atoms with Crippen LogP contribution in [0.2, 0.25) is 0 Å². The van der Waals surface area contributed by atoms with E-state index in [-0.39, 0.29) is 17.9 Å². The SMILES string of the molecule is CN(CC1(C)COC1)C(=O)C=Cc1cc(CO)cs1. The largest absolute Gasteiger partial charge is 0.392 e. The van der Waals surface area contributed by atoms with E-state index in [1.54, 1.807) is 17.1 Å². The lowest BCUT2D eigenvalue weighted by Crippen LogP contribution is -2.48. The van der Waals surface area contributed by atoms with Crippen LogP contribution in [-0.2, 0) is 16.1 Å². The van der Waals surface area contributed by atoms with E-state index in [9.17, 15) is 4.79 Å². The van der Waals surface area contributed by atoms with Crippen molar-refractivity contribution in [1.82, 2.24) is 4.90 Å². The van der Waals surface area contributed by atoms with E-state index in [2.05, 4.69) is 6.92 Å². The van der Waals surface area contributed by atoms with Crippen molar-refractivity contribution in [3.63, 3.8) is 0 Å². The van der Waals surface area contributed by atoms with Crippen LogP contribution in [0.3, 0.4) is 0 Å². The number of amides is 1. The summed E-state index contributed by atoms with van der Waals surface area (Å²) in [4.78, 5) is 14.7. The molecule has 1 aromatic heterocycles. The Labute approximate surface area is 117 Å². The Balaban J connectivity index is 1.88. The fourth-order valence-corrected chi connectivity index (χ4v) is 2.83. The standard InChI is InChI=1S/C14H19NO3S/c1-14(9-18-10-14)8-15(2)13(17)4-3-12-5-11(6-16)7-19-12/h3-5,7,16H,6,8-10H2,1-2H3. The molecule has 1 fully saturated rings. The van der Waals surface area contributed by atoms with Gasteiger partial charge in [-0.15, -0.1) is 11.3 Å². The van der Waals surface area contributed by atoms with E-state index in [4.69, 9.17) is 9.84 Å². The molecule has 1 aromatic rings. The van der Waals surface area contributed by atoms with Crippen molar-refractivity contribution in [2.24, 2.45) is 5.41 Å². The molecule has 0 unspecified atom stereocenters. The minimum Gasteiger partial charge on any atom is -0.392 e. The van der Waals surface area contributed by atoms with E-state index >= 15 is 0 Å². The summed E-state index contributed by atoms with van der Waals surface area (Å²) >= 11 is 1.52. The molecule has 0 radical (unpaired) electrons. The molecule has 19 heavy (non-hydrogen) atoms. The second-order valence-corrected chi connectivity index (χ2v) is 6.29. The van der Waals surface area contributed by atoms with Crippen molar-refractivity contribution in [2.45, 2.75) is 13.5 Å². The second kappa shape index (κ2) is 5.86. The molecule has 0 spiro atoms. The molecule has 1 amide bonds. The zero-order valence-electron chi connectivity index (χ0n) is 11.3. The van der Waals surface area contributed by atoms with Gasteiger partial charge in [-0.05, 0) is 23.1 Å². The summed E-state index contributed by atoms with van der Waals surface area (Å²) in [7, 11) is 1.81. The number of aliphatic hydroxyl groups excluding tert-OH is 1. The molecular formula is C14H19NO3S. The average Bonchev–Trinajstić information content (AvgIpc) is 2.81. The van der Waals surface area contributed by atoms with Gasteiger partial charge in [0.25, 0.3) is 0 Å². The van der Waals surface area contributed by atoms with Crippen molar-refractivity contribution < 1.29 is 14.6 Å². The molecule has 0 aliphatic carbocycles. The van der Waals surface area contributed by atoms with Gasteiger partial charge in [-0.3, -0.25) is 4.79 Å². The highest BCUT2D eigenvalue weighted by Gasteiger charge is 2.35. The first kappa shape index (κ1) is 14.2. The maximum atomic E-state index is 12.0. The van der Waals surface area contributed by atoms with Crippen LogP contribution in [0.4, 0.5) is 0 Å². The summed E-state index contributed by atoms with van der Waals surface area (Å²) in [5, 5.41) is 10.9. The minimum absolute atomic E-state index is 0.00734. The molecule has 1 N–H and O–H groups in total. The number of likely N-dealkylation sites (N-methyl/N-ethyl adjacent to an activating group) is 1. The maximum absolute atomic E-state index is 12.0. The Morgan fingerprint density at radius 2 is 2.37 bits per heavy atom. The average molecular weight is 281 g/mol. The Kier molecular flexibility index (Phi) is 4.39. The number of thiophene rings is 1. The highest BCUT2D eigenvalue weighted by atomic mass is 32.1. The molecular weight excluding hydrogens is 262 g/mol. The smallest absolute Gasteiger partial charge is 0.246 e. The number of hydrogen-bond donors (Lipinski definition) is 1. The number of rotatable bonds is 5. The predicted molar refractivity (Wildman–Crippen MR) is 75.8 cm³/mol. The third kappa shape index (κ3) is 3.65. The van der Waals surface area contributed by atoms with Gasteiger partial charge in [0.1, 0.15) is 0 Å². The molecule has 5 heteroatoms. The van der Waals surface area contributed by atoms with Gasteiger partial charge in [0.15, 0.2) is 0 Å². The quantitative estimate of drug-likeness (QED) is 0.837. The van der Waals surface area contributed by atoms with Gasteiger partial charge in [0, 0.05) is 30.0 Å². The van der Waals surface area contributed by atoms with Crippen LogP contribution in [0.1, 0.15) is 17.4 Å². The van der Waals surface area contributed by atoms with Crippen LogP contribution in [-0.4, -0.2) is 42.7 Å². The molecule has 2 rings (SSSR count). The van der Waals surface area contributed by atoms with Crippen molar-refractivity contribution in [2.75, 3.05) is 26.8 Å². The number of hydrogen-bond acceptors (Lipinski definition) is 4. The Morgan fingerprint density at radius 3 is 2.89 bits per heavy atom. The first-order chi connectivity index (χ1) is 9.02. The zero-order valence-corrected chi connectivity index (χ0v) is 12.1. The molecule has 4 nitrogen and oxygen atoms in total. The van der Waals surface area contributed by atoms with Gasteiger partial charge in [0.05, 0.1) is 19.8 Å². The number of nitrogens with zero attached hydrogens (tertiary/aromatic N) is 1. The molecule has 0 atom stereocenters. The van der Waals surface area contributed by atoms with Gasteiger partial charge in [-0.1, -0.05) is 6.92 Å². The van der Waals surface area contributed by atoms with Gasteiger partial charge >= 0.3 is 0 Å². The van der Waals surface area contributed by atoms with Crippen molar-refractivity contribution in [1.29, 1.82) is 0 Å². The van der Waals surface area contributed by atoms with E-state index in [0.29, 0.717) is 6.54 Å². The van der Waals surface area contributed by atoms with E-state index in [1.807, 2.05) is 18.5 Å². The second-order valence-electron chi connectivity index (χ2n) is 5.35. The molecule has 0 bridgehead atoms. The van der Waals surface area contributed by atoms with Crippen LogP contribution < -0.4 is 0 Å². The summed E-state index contributed by atoms with van der Waals surface area (Å²) in [6, 6.07) is 1.88. The van der Waals surface area contributed by atoms with Gasteiger partial charge in [-0.25, -0.2) is 0 Å². The van der Waals surface area contributed by atoms with Crippen LogP contribution in [0.15, 0.2) is 17.5 Å². The van der Waals surface area contributed by atoms with Crippen LogP contribution in [0.5, 0.6) is 0 Å². The summed E-state index contributed by atoms with van der Waals surface area (Å²) in [5.41, 5.74) is 0.982. The van der Waals surface area contributed by atoms with Crippen LogP contribution in [0.25, 0.3) is 6.08 Å². The Morgan fingerprint density at radius 1 is 1.63 bits per heavy atom. The fourth-order valence-electron chi connectivity index (χ4n) is 2.04. The predicted octanol–water partition coefficient (Wildman–Crippen LogP) is 1.75. The summed E-state index contributed by atoms with van der Waals surface area (Å²) in [5.74, 6) is -0.00734. The molecule has 0 saturated carbocycles. The third-order valence-electron chi connectivity index (χ3n) is 3.14. The number of carbonyl (C=O) groups is 1. The lowest BCUT2D eigenvalue weighted by atomic mass is 9.88. The van der Waals surface area contributed by atoms with Crippen LogP contribution in [0, 0.1) is 5.41 Å². The summed E-state index contributed by atoms with van der Waals surface area (Å²) < 4.78 is 5.18. The third-order valence-corrected chi connectivity index (χ3v) is 4.09. The van der Waals surface area contributed by atoms with Gasteiger partial charge in [-0.2, -0.15) is 0 Å². The monoisotopic (exact) mass is 281 g/mol. The lowest BCUT2D eigenvalue weighted by Gasteiger charge is -2.40. The first-order valence-corrected chi connectivity index (χ1v) is 7.10. The summed E-state index contributed by atoms with van der Waals surface area (Å²) in [6.07, 6.45) is 3.37. The van der Waals surface area contributed by atoms with Crippen molar-refractivity contribution in [3.8, 4) is 0 Å².